The minimum Gasteiger partial charge on any atom is -0.482 e. The Morgan fingerprint density at radius 2 is 2.33 bits per heavy atom. The SMILES string of the molecule is [N-]=[N+]=NCC1CC(=O)N(c2ccc3c(c2)NC(=O)CO3)C1. The van der Waals surface area contributed by atoms with Gasteiger partial charge in [0.2, 0.25) is 5.91 Å². The van der Waals surface area contributed by atoms with Gasteiger partial charge in [-0.2, -0.15) is 0 Å². The van der Waals surface area contributed by atoms with Crippen LogP contribution >= 0.6 is 0 Å². The summed E-state index contributed by atoms with van der Waals surface area (Å²) in [6.45, 7) is 0.818. The fraction of sp³-hybridized carbons (Fsp3) is 0.385. The summed E-state index contributed by atoms with van der Waals surface area (Å²) < 4.78 is 5.28. The van der Waals surface area contributed by atoms with Gasteiger partial charge in [-0.25, -0.2) is 0 Å². The highest BCUT2D eigenvalue weighted by Gasteiger charge is 2.30. The van der Waals surface area contributed by atoms with Crippen molar-refractivity contribution in [2.75, 3.05) is 29.9 Å². The zero-order chi connectivity index (χ0) is 14.8. The van der Waals surface area contributed by atoms with Crippen molar-refractivity contribution in [2.45, 2.75) is 6.42 Å². The van der Waals surface area contributed by atoms with E-state index in [-0.39, 0.29) is 24.3 Å². The molecule has 108 valence electrons. The van der Waals surface area contributed by atoms with Gasteiger partial charge in [0, 0.05) is 30.1 Å². The van der Waals surface area contributed by atoms with Gasteiger partial charge in [0.15, 0.2) is 6.61 Å². The standard InChI is InChI=1S/C13H13N5O3/c14-17-15-5-8-3-13(20)18(6-8)9-1-2-11-10(4-9)16-12(19)7-21-11/h1-2,4,8H,3,5-7H2,(H,16,19). The van der Waals surface area contributed by atoms with Gasteiger partial charge >= 0.3 is 0 Å². The lowest BCUT2D eigenvalue weighted by molar-refractivity contribution is -0.118. The number of carbonyl (C=O) groups excluding carboxylic acids is 2. The third kappa shape index (κ3) is 2.61. The number of carbonyl (C=O) groups is 2. The Morgan fingerprint density at radius 1 is 1.48 bits per heavy atom. The second-order valence-electron chi connectivity index (χ2n) is 5.01. The molecule has 1 atom stereocenters. The van der Waals surface area contributed by atoms with Crippen LogP contribution in [-0.2, 0) is 9.59 Å². The van der Waals surface area contributed by atoms with E-state index >= 15 is 0 Å². The topological polar surface area (TPSA) is 107 Å². The summed E-state index contributed by atoms with van der Waals surface area (Å²) in [6.07, 6.45) is 0.360. The first-order chi connectivity index (χ1) is 10.2. The summed E-state index contributed by atoms with van der Waals surface area (Å²) in [7, 11) is 0. The van der Waals surface area contributed by atoms with Crippen LogP contribution in [0.15, 0.2) is 23.3 Å². The van der Waals surface area contributed by atoms with Crippen molar-refractivity contribution in [3.05, 3.63) is 28.6 Å². The molecule has 0 spiro atoms. The van der Waals surface area contributed by atoms with E-state index in [1.54, 1.807) is 23.1 Å². The predicted octanol–water partition coefficient (Wildman–Crippen LogP) is 1.68. The van der Waals surface area contributed by atoms with Crippen LogP contribution in [0.1, 0.15) is 6.42 Å². The molecule has 1 saturated heterocycles. The first-order valence-electron chi connectivity index (χ1n) is 6.55. The van der Waals surface area contributed by atoms with Gasteiger partial charge in [0.05, 0.1) is 5.69 Å². The summed E-state index contributed by atoms with van der Waals surface area (Å²) in [5.74, 6) is 0.385. The molecule has 1 N–H and O–H groups in total. The molecule has 0 saturated carbocycles. The molecule has 2 aliphatic heterocycles. The van der Waals surface area contributed by atoms with E-state index in [1.165, 1.54) is 0 Å². The quantitative estimate of drug-likeness (QED) is 0.519. The molecule has 1 unspecified atom stereocenters. The molecule has 2 aliphatic rings. The number of amides is 2. The zero-order valence-electron chi connectivity index (χ0n) is 11.2. The Hall–Kier alpha value is -2.73. The van der Waals surface area contributed by atoms with E-state index < -0.39 is 0 Å². The van der Waals surface area contributed by atoms with Gasteiger partial charge in [-0.3, -0.25) is 9.59 Å². The largest absolute Gasteiger partial charge is 0.482 e. The Kier molecular flexibility index (Phi) is 3.37. The maximum Gasteiger partial charge on any atom is 0.262 e. The van der Waals surface area contributed by atoms with Crippen LogP contribution in [0.4, 0.5) is 11.4 Å². The van der Waals surface area contributed by atoms with E-state index in [9.17, 15) is 9.59 Å². The van der Waals surface area contributed by atoms with Crippen LogP contribution in [0.5, 0.6) is 5.75 Å². The Morgan fingerprint density at radius 3 is 3.14 bits per heavy atom. The number of benzene rings is 1. The van der Waals surface area contributed by atoms with Gasteiger partial charge in [-0.1, -0.05) is 5.11 Å². The number of fused-ring (bicyclic) bond motifs is 1. The highest BCUT2D eigenvalue weighted by Crippen LogP contribution is 2.34. The molecule has 8 nitrogen and oxygen atoms in total. The van der Waals surface area contributed by atoms with Crippen molar-refractivity contribution in [1.82, 2.24) is 0 Å². The molecule has 2 amide bonds. The third-order valence-corrected chi connectivity index (χ3v) is 3.52. The van der Waals surface area contributed by atoms with Crippen LogP contribution in [-0.4, -0.2) is 31.5 Å². The average molecular weight is 287 g/mol. The minimum atomic E-state index is -0.214. The van der Waals surface area contributed by atoms with Crippen molar-refractivity contribution in [3.63, 3.8) is 0 Å². The number of ether oxygens (including phenoxy) is 1. The van der Waals surface area contributed by atoms with Crippen molar-refractivity contribution >= 4 is 23.2 Å². The van der Waals surface area contributed by atoms with E-state index in [4.69, 9.17) is 10.3 Å². The Labute approximate surface area is 120 Å². The highest BCUT2D eigenvalue weighted by atomic mass is 16.5. The van der Waals surface area contributed by atoms with E-state index in [0.29, 0.717) is 36.6 Å². The molecule has 8 heteroatoms. The summed E-state index contributed by atoms with van der Waals surface area (Å²) in [6, 6.07) is 5.24. The highest BCUT2D eigenvalue weighted by molar-refractivity contribution is 5.99. The van der Waals surface area contributed by atoms with Crippen LogP contribution in [0.2, 0.25) is 0 Å². The Bertz CT molecular complexity index is 653. The molecule has 21 heavy (non-hydrogen) atoms. The van der Waals surface area contributed by atoms with E-state index in [0.717, 1.165) is 0 Å². The maximum absolute atomic E-state index is 12.1. The smallest absolute Gasteiger partial charge is 0.262 e. The number of anilines is 2. The fourth-order valence-corrected chi connectivity index (χ4v) is 2.54. The zero-order valence-corrected chi connectivity index (χ0v) is 11.2. The molecule has 0 aromatic heterocycles. The van der Waals surface area contributed by atoms with Gasteiger partial charge in [0.1, 0.15) is 5.75 Å². The van der Waals surface area contributed by atoms with Crippen molar-refractivity contribution in [1.29, 1.82) is 0 Å². The molecule has 1 aromatic rings. The van der Waals surface area contributed by atoms with Gasteiger partial charge < -0.3 is 15.0 Å². The lowest BCUT2D eigenvalue weighted by Gasteiger charge is -2.22. The third-order valence-electron chi connectivity index (χ3n) is 3.52. The van der Waals surface area contributed by atoms with Crippen molar-refractivity contribution < 1.29 is 14.3 Å². The summed E-state index contributed by atoms with van der Waals surface area (Å²) >= 11 is 0. The molecular formula is C13H13N5O3. The number of hydrogen-bond acceptors (Lipinski definition) is 4. The lowest BCUT2D eigenvalue weighted by atomic mass is 10.1. The molecule has 2 heterocycles. The fourth-order valence-electron chi connectivity index (χ4n) is 2.54. The first kappa shape index (κ1) is 13.3. The molecule has 0 aliphatic carbocycles. The number of nitrogens with zero attached hydrogens (tertiary/aromatic N) is 4. The van der Waals surface area contributed by atoms with Crippen molar-refractivity contribution in [2.24, 2.45) is 11.0 Å². The normalized spacial score (nSPS) is 20.4. The van der Waals surface area contributed by atoms with Crippen LogP contribution < -0.4 is 15.0 Å². The molecule has 1 fully saturated rings. The molecule has 0 radical (unpaired) electrons. The summed E-state index contributed by atoms with van der Waals surface area (Å²) in [4.78, 5) is 27.7. The lowest BCUT2D eigenvalue weighted by Crippen LogP contribution is -2.27. The second kappa shape index (κ2) is 5.34. The number of rotatable bonds is 3. The summed E-state index contributed by atoms with van der Waals surface area (Å²) in [5, 5.41) is 6.24. The maximum atomic E-state index is 12.1. The molecule has 1 aromatic carbocycles. The van der Waals surface area contributed by atoms with Gasteiger partial charge in [-0.05, 0) is 29.6 Å². The van der Waals surface area contributed by atoms with Crippen LogP contribution in [0.25, 0.3) is 10.4 Å². The number of azide groups is 1. The van der Waals surface area contributed by atoms with Gasteiger partial charge in [0.25, 0.3) is 5.91 Å². The average Bonchev–Trinajstić information content (AvgIpc) is 2.85. The number of nitrogens with one attached hydrogen (secondary N) is 1. The monoisotopic (exact) mass is 287 g/mol. The van der Waals surface area contributed by atoms with E-state index in [1.807, 2.05) is 0 Å². The molecular weight excluding hydrogens is 274 g/mol. The van der Waals surface area contributed by atoms with Crippen LogP contribution in [0, 0.1) is 5.92 Å². The van der Waals surface area contributed by atoms with Crippen LogP contribution in [0.3, 0.4) is 0 Å². The van der Waals surface area contributed by atoms with Gasteiger partial charge in [-0.15, -0.1) is 0 Å². The van der Waals surface area contributed by atoms with E-state index in [2.05, 4.69) is 15.3 Å². The predicted molar refractivity (Wildman–Crippen MR) is 75.0 cm³/mol. The van der Waals surface area contributed by atoms with Crippen molar-refractivity contribution in [3.8, 4) is 5.75 Å². The second-order valence-corrected chi connectivity index (χ2v) is 5.01. The number of hydrogen-bond donors (Lipinski definition) is 1. The molecule has 3 rings (SSSR count). The first-order valence-corrected chi connectivity index (χ1v) is 6.55. The Balaban J connectivity index is 1.81. The summed E-state index contributed by atoms with van der Waals surface area (Å²) in [5.41, 5.74) is 9.61. The minimum absolute atomic E-state index is 0.00320. The molecule has 0 bridgehead atoms.